The fourth-order valence-corrected chi connectivity index (χ4v) is 3.48. The van der Waals surface area contributed by atoms with E-state index in [9.17, 15) is 0 Å². The largest absolute Gasteiger partial charge is 0.494 e. The predicted molar refractivity (Wildman–Crippen MR) is 63.8 cm³/mol. The average molecular weight is 424 g/mol. The summed E-state index contributed by atoms with van der Waals surface area (Å²) < 4.78 is 8.89. The van der Waals surface area contributed by atoms with Gasteiger partial charge in [-0.1, -0.05) is 0 Å². The van der Waals surface area contributed by atoms with E-state index < -0.39 is 0 Å². The molecule has 0 atom stereocenters. The minimum absolute atomic E-state index is 0.782. The zero-order valence-corrected chi connectivity index (χ0v) is 12.3. The fourth-order valence-electron chi connectivity index (χ4n) is 0.737. The first-order chi connectivity index (χ1) is 5.57. The van der Waals surface area contributed by atoms with Gasteiger partial charge >= 0.3 is 0 Å². The molecule has 0 bridgehead atoms. The van der Waals surface area contributed by atoms with E-state index in [-0.39, 0.29) is 0 Å². The maximum Gasteiger partial charge on any atom is 0.148 e. The molecule has 0 aliphatic rings. The Bertz CT molecular complexity index is 311. The number of benzene rings is 1. The molecule has 0 aliphatic carbocycles. The summed E-state index contributed by atoms with van der Waals surface area (Å²) in [6, 6.07) is 1.92. The predicted octanol–water partition coefficient (Wildman–Crippen LogP) is 4.75. The molecule has 66 valence electrons. The molecule has 1 rings (SSSR count). The Kier molecular flexibility index (Phi) is 4.08. The highest BCUT2D eigenvalue weighted by molar-refractivity contribution is 9.14. The molecule has 0 heterocycles. The van der Waals surface area contributed by atoms with E-state index in [1.54, 1.807) is 7.11 Å². The van der Waals surface area contributed by atoms with Gasteiger partial charge in [-0.05, 0) is 69.8 Å². The summed E-state index contributed by atoms with van der Waals surface area (Å²) in [5, 5.41) is 0. The number of methoxy groups -OCH3 is 1. The molecule has 0 aromatic heterocycles. The minimum atomic E-state index is 0.782. The standard InChI is InChI=1S/C7H4Br4O/c1-12-7-4(9)2-3(8)5(10)6(7)11/h2H,1H3. The van der Waals surface area contributed by atoms with Gasteiger partial charge in [-0.15, -0.1) is 0 Å². The lowest BCUT2D eigenvalue weighted by Crippen LogP contribution is -1.87. The normalized spacial score (nSPS) is 10.1. The Labute approximate surface area is 104 Å². The highest BCUT2D eigenvalue weighted by atomic mass is 79.9. The van der Waals surface area contributed by atoms with Crippen molar-refractivity contribution in [2.75, 3.05) is 7.11 Å². The van der Waals surface area contributed by atoms with E-state index in [4.69, 9.17) is 4.74 Å². The molecule has 0 saturated heterocycles. The van der Waals surface area contributed by atoms with Crippen LogP contribution in [0, 0.1) is 0 Å². The van der Waals surface area contributed by atoms with Crippen molar-refractivity contribution in [3.05, 3.63) is 24.0 Å². The van der Waals surface area contributed by atoms with Crippen molar-refractivity contribution in [3.8, 4) is 5.75 Å². The summed E-state index contributed by atoms with van der Waals surface area (Å²) in [7, 11) is 1.63. The lowest BCUT2D eigenvalue weighted by molar-refractivity contribution is 0.409. The molecular formula is C7H4Br4O. The van der Waals surface area contributed by atoms with Crippen LogP contribution in [0.15, 0.2) is 24.0 Å². The van der Waals surface area contributed by atoms with Crippen LogP contribution in [0.2, 0.25) is 0 Å². The maximum atomic E-state index is 5.17. The van der Waals surface area contributed by atoms with Crippen molar-refractivity contribution in [1.29, 1.82) is 0 Å². The molecule has 0 unspecified atom stereocenters. The molecule has 1 aromatic carbocycles. The second-order valence-corrected chi connectivity index (χ2v) is 5.30. The van der Waals surface area contributed by atoms with E-state index in [0.29, 0.717) is 0 Å². The number of ether oxygens (including phenoxy) is 1. The average Bonchev–Trinajstić information content (AvgIpc) is 2.01. The molecule has 1 nitrogen and oxygen atoms in total. The maximum absolute atomic E-state index is 5.17. The van der Waals surface area contributed by atoms with Crippen LogP contribution in [-0.2, 0) is 0 Å². The van der Waals surface area contributed by atoms with Crippen LogP contribution in [0.5, 0.6) is 5.75 Å². The van der Waals surface area contributed by atoms with Gasteiger partial charge in [-0.25, -0.2) is 0 Å². The summed E-state index contributed by atoms with van der Waals surface area (Å²) in [5.41, 5.74) is 0. The number of hydrogen-bond acceptors (Lipinski definition) is 1. The van der Waals surface area contributed by atoms with E-state index in [2.05, 4.69) is 63.7 Å². The van der Waals surface area contributed by atoms with Crippen LogP contribution in [-0.4, -0.2) is 7.11 Å². The molecule has 0 spiro atoms. The van der Waals surface area contributed by atoms with E-state index in [1.807, 2.05) is 6.07 Å². The molecule has 5 heteroatoms. The topological polar surface area (TPSA) is 9.23 Å². The van der Waals surface area contributed by atoms with Gasteiger partial charge in [-0.3, -0.25) is 0 Å². The van der Waals surface area contributed by atoms with Gasteiger partial charge in [-0.2, -0.15) is 0 Å². The molecule has 0 N–H and O–H groups in total. The fraction of sp³-hybridized carbons (Fsp3) is 0.143. The van der Waals surface area contributed by atoms with Crippen molar-refractivity contribution in [2.24, 2.45) is 0 Å². The van der Waals surface area contributed by atoms with E-state index in [0.717, 1.165) is 23.6 Å². The quantitative estimate of drug-likeness (QED) is 0.468. The number of halogens is 4. The molecule has 12 heavy (non-hydrogen) atoms. The first-order valence-corrected chi connectivity index (χ1v) is 6.12. The van der Waals surface area contributed by atoms with Crippen LogP contribution < -0.4 is 4.74 Å². The summed E-state index contributed by atoms with van der Waals surface area (Å²) in [5.74, 6) is 0.782. The number of rotatable bonds is 1. The Hall–Kier alpha value is 0.940. The first-order valence-electron chi connectivity index (χ1n) is 2.95. The monoisotopic (exact) mass is 420 g/mol. The lowest BCUT2D eigenvalue weighted by atomic mass is 10.3. The van der Waals surface area contributed by atoms with Gasteiger partial charge in [0.15, 0.2) is 0 Å². The molecular weight excluding hydrogens is 420 g/mol. The molecule has 0 radical (unpaired) electrons. The first kappa shape index (κ1) is 11.0. The Morgan fingerprint density at radius 1 is 1.00 bits per heavy atom. The highest BCUT2D eigenvalue weighted by Gasteiger charge is 2.11. The molecule has 0 amide bonds. The van der Waals surface area contributed by atoms with Gasteiger partial charge in [0.25, 0.3) is 0 Å². The Balaban J connectivity index is 3.40. The van der Waals surface area contributed by atoms with Gasteiger partial charge in [0, 0.05) is 8.95 Å². The molecule has 0 aliphatic heterocycles. The zero-order chi connectivity index (χ0) is 9.30. The summed E-state index contributed by atoms with van der Waals surface area (Å²) >= 11 is 13.6. The Morgan fingerprint density at radius 2 is 1.58 bits per heavy atom. The van der Waals surface area contributed by atoms with Crippen molar-refractivity contribution >= 4 is 63.7 Å². The van der Waals surface area contributed by atoms with E-state index in [1.165, 1.54) is 0 Å². The van der Waals surface area contributed by atoms with Crippen molar-refractivity contribution < 1.29 is 4.74 Å². The van der Waals surface area contributed by atoms with Crippen LogP contribution in [0.3, 0.4) is 0 Å². The lowest BCUT2D eigenvalue weighted by Gasteiger charge is -2.08. The Morgan fingerprint density at radius 3 is 2.08 bits per heavy atom. The molecule has 0 saturated carbocycles. The molecule has 0 fully saturated rings. The summed E-state index contributed by atoms with van der Waals surface area (Å²) in [6.45, 7) is 0. The van der Waals surface area contributed by atoms with Gasteiger partial charge in [0.2, 0.25) is 0 Å². The zero-order valence-electron chi connectivity index (χ0n) is 6.00. The second kappa shape index (κ2) is 4.44. The van der Waals surface area contributed by atoms with Gasteiger partial charge in [0.05, 0.1) is 16.1 Å². The third-order valence-corrected chi connectivity index (χ3v) is 5.14. The summed E-state index contributed by atoms with van der Waals surface area (Å²) in [6.07, 6.45) is 0. The van der Waals surface area contributed by atoms with Crippen LogP contribution >= 0.6 is 63.7 Å². The van der Waals surface area contributed by atoms with Crippen molar-refractivity contribution in [3.63, 3.8) is 0 Å². The third kappa shape index (κ3) is 2.05. The van der Waals surface area contributed by atoms with Crippen molar-refractivity contribution in [1.82, 2.24) is 0 Å². The van der Waals surface area contributed by atoms with Gasteiger partial charge in [0.1, 0.15) is 5.75 Å². The van der Waals surface area contributed by atoms with E-state index >= 15 is 0 Å². The third-order valence-electron chi connectivity index (χ3n) is 1.28. The van der Waals surface area contributed by atoms with Crippen LogP contribution in [0.25, 0.3) is 0 Å². The second-order valence-electron chi connectivity index (χ2n) is 2.00. The minimum Gasteiger partial charge on any atom is -0.494 e. The number of hydrogen-bond donors (Lipinski definition) is 0. The summed E-state index contributed by atoms with van der Waals surface area (Å²) in [4.78, 5) is 0. The van der Waals surface area contributed by atoms with Gasteiger partial charge < -0.3 is 4.74 Å². The van der Waals surface area contributed by atoms with Crippen LogP contribution in [0.1, 0.15) is 0 Å². The smallest absolute Gasteiger partial charge is 0.148 e. The SMILES string of the molecule is COc1c(Br)cc(Br)c(Br)c1Br. The van der Waals surface area contributed by atoms with Crippen LogP contribution in [0.4, 0.5) is 0 Å². The molecule has 1 aromatic rings. The van der Waals surface area contributed by atoms with Crippen molar-refractivity contribution in [2.45, 2.75) is 0 Å². The highest BCUT2D eigenvalue weighted by Crippen LogP contribution is 2.42.